The maximum atomic E-state index is 14.0. The van der Waals surface area contributed by atoms with E-state index in [0.29, 0.717) is 43.5 Å². The number of fused-ring (bicyclic) bond motifs is 2. The van der Waals surface area contributed by atoms with Gasteiger partial charge < -0.3 is 20.8 Å². The standard InChI is InChI=1S/C62H55N7O6S/c1-2-4-41-23-47-34-64-68(55(47)52(24-41)58(73)67-49-30-61(31-49)26-42(27-61)25-54(70)71)36-39-9-15-44(16-10-39)43-13-7-38(8-14-43)5-3-6-45-19-20-51(57(72)66-50-32-62(33-50)28-48(29-62)60(74)75)56-53(45)35-65-69(56)37-40-11-17-46(18-12-40)59-63-21-22-76-59/h7-24,34-35,42,48-50H,5,25-33,36-37H2,1H3,(H,66,72)(H,67,73)(H,70,71)(H,74,75). The van der Waals surface area contributed by atoms with Crippen LogP contribution in [0.5, 0.6) is 0 Å². The SMILES string of the molecule is CC#Cc1cc(C(=O)NC2CC3(CC(CC(=O)O)C3)C2)c2c(cnn2Cc2ccc(-c3ccc(CC#Cc4ccc(C(=O)NC5CC6(C5)CC(C(=O)O)C6)c5c4cnn5Cc4ccc(-c5nccs5)cc4)cc3)cc2)c1. The van der Waals surface area contributed by atoms with Crippen molar-refractivity contribution in [1.29, 1.82) is 0 Å². The molecule has 0 aliphatic heterocycles. The molecule has 3 aromatic heterocycles. The lowest BCUT2D eigenvalue weighted by molar-refractivity contribution is -0.155. The molecular weight excluding hydrogens is 971 g/mol. The van der Waals surface area contributed by atoms with Gasteiger partial charge in [0.2, 0.25) is 0 Å². The molecule has 2 amide bonds. The summed E-state index contributed by atoms with van der Waals surface area (Å²) in [5, 5.41) is 39.2. The second-order valence-corrected chi connectivity index (χ2v) is 22.6. The molecule has 14 heteroatoms. The molecule has 2 spiro atoms. The predicted octanol–water partition coefficient (Wildman–Crippen LogP) is 10.4. The van der Waals surface area contributed by atoms with E-state index in [1.54, 1.807) is 36.9 Å². The lowest BCUT2D eigenvalue weighted by Crippen LogP contribution is -2.57. The number of hydrogen-bond acceptors (Lipinski definition) is 8. The molecule has 0 radical (unpaired) electrons. The van der Waals surface area contributed by atoms with E-state index in [1.165, 1.54) is 0 Å². The van der Waals surface area contributed by atoms with Crippen molar-refractivity contribution in [2.75, 3.05) is 0 Å². The Morgan fingerprint density at radius 3 is 1.87 bits per heavy atom. The first-order chi connectivity index (χ1) is 36.9. The van der Waals surface area contributed by atoms with Crippen LogP contribution in [0.4, 0.5) is 0 Å². The van der Waals surface area contributed by atoms with E-state index in [9.17, 15) is 29.4 Å². The molecule has 380 valence electrons. The highest BCUT2D eigenvalue weighted by molar-refractivity contribution is 7.13. The lowest BCUT2D eigenvalue weighted by atomic mass is 9.49. The zero-order valence-electron chi connectivity index (χ0n) is 42.0. The Labute approximate surface area is 443 Å². The highest BCUT2D eigenvalue weighted by Crippen LogP contribution is 2.60. The third-order valence-corrected chi connectivity index (χ3v) is 17.2. The first-order valence-electron chi connectivity index (χ1n) is 26.0. The van der Waals surface area contributed by atoms with Crippen LogP contribution < -0.4 is 10.6 Å². The molecular formula is C62H55N7O6S. The summed E-state index contributed by atoms with van der Waals surface area (Å²) in [6.07, 6.45) is 12.7. The molecule has 4 aliphatic rings. The maximum Gasteiger partial charge on any atom is 0.306 e. The minimum absolute atomic E-state index is 0.00158. The van der Waals surface area contributed by atoms with E-state index in [1.807, 2.05) is 39.0 Å². The fourth-order valence-electron chi connectivity index (χ4n) is 12.8. The number of carboxylic acid groups (broad SMARTS) is 2. The largest absolute Gasteiger partial charge is 0.481 e. The summed E-state index contributed by atoms with van der Waals surface area (Å²) in [5.74, 6) is 11.0. The topological polar surface area (TPSA) is 181 Å². The number of rotatable bonds is 14. The first-order valence-corrected chi connectivity index (χ1v) is 26.9. The van der Waals surface area contributed by atoms with Crippen LogP contribution in [0.1, 0.15) is 113 Å². The van der Waals surface area contributed by atoms with Gasteiger partial charge in [-0.2, -0.15) is 10.2 Å². The Balaban J connectivity index is 0.715. The molecule has 4 aliphatic carbocycles. The smallest absolute Gasteiger partial charge is 0.306 e. The van der Waals surface area contributed by atoms with Crippen molar-refractivity contribution in [2.24, 2.45) is 22.7 Å². The number of carboxylic acids is 2. The number of amides is 2. The maximum absolute atomic E-state index is 14.0. The van der Waals surface area contributed by atoms with Crippen molar-refractivity contribution in [3.8, 4) is 45.4 Å². The molecule has 8 aromatic rings. The highest BCUT2D eigenvalue weighted by atomic mass is 32.1. The van der Waals surface area contributed by atoms with Gasteiger partial charge in [-0.3, -0.25) is 28.5 Å². The van der Waals surface area contributed by atoms with Gasteiger partial charge in [0, 0.05) is 64.0 Å². The van der Waals surface area contributed by atoms with Crippen molar-refractivity contribution >= 4 is 56.9 Å². The average molecular weight is 1030 g/mol. The summed E-state index contributed by atoms with van der Waals surface area (Å²) in [4.78, 5) is 55.0. The van der Waals surface area contributed by atoms with Crippen LogP contribution in [0.3, 0.4) is 0 Å². The normalized spacial score (nSPS) is 22.0. The van der Waals surface area contributed by atoms with Gasteiger partial charge in [0.15, 0.2) is 0 Å². The zero-order valence-corrected chi connectivity index (χ0v) is 42.8. The van der Waals surface area contributed by atoms with E-state index in [2.05, 4.69) is 112 Å². The second kappa shape index (κ2) is 19.7. The summed E-state index contributed by atoms with van der Waals surface area (Å²) in [6.45, 7) is 2.71. The number of aromatic nitrogens is 5. The number of nitrogens with one attached hydrogen (secondary N) is 2. The van der Waals surface area contributed by atoms with E-state index in [4.69, 9.17) is 10.2 Å². The molecule has 4 N–H and O–H groups in total. The monoisotopic (exact) mass is 1030 g/mol. The van der Waals surface area contributed by atoms with Crippen LogP contribution in [-0.4, -0.2) is 70.6 Å². The molecule has 0 bridgehead atoms. The van der Waals surface area contributed by atoms with Crippen LogP contribution in [0.25, 0.3) is 43.5 Å². The Kier molecular flexibility index (Phi) is 12.6. The summed E-state index contributed by atoms with van der Waals surface area (Å²) in [6, 6.07) is 32.7. The summed E-state index contributed by atoms with van der Waals surface area (Å²) in [7, 11) is 0. The summed E-state index contributed by atoms with van der Waals surface area (Å²) >= 11 is 1.59. The quantitative estimate of drug-likeness (QED) is 0.0771. The number of carbonyl (C=O) groups excluding carboxylic acids is 2. The first kappa shape index (κ1) is 48.6. The van der Waals surface area contributed by atoms with Gasteiger partial charge in [0.05, 0.1) is 53.6 Å². The van der Waals surface area contributed by atoms with E-state index in [-0.39, 0.29) is 53.0 Å². The van der Waals surface area contributed by atoms with Crippen molar-refractivity contribution in [1.82, 2.24) is 35.2 Å². The second-order valence-electron chi connectivity index (χ2n) is 21.7. The molecule has 4 saturated carbocycles. The van der Waals surface area contributed by atoms with Gasteiger partial charge in [-0.25, -0.2) is 4.98 Å². The van der Waals surface area contributed by atoms with Gasteiger partial charge in [0.1, 0.15) is 5.01 Å². The van der Waals surface area contributed by atoms with Crippen LogP contribution in [0.2, 0.25) is 0 Å². The Hall–Kier alpha value is -8.33. The number of hydrogen-bond donors (Lipinski definition) is 4. The third-order valence-electron chi connectivity index (χ3n) is 16.4. The molecule has 0 saturated heterocycles. The molecule has 0 unspecified atom stereocenters. The average Bonchev–Trinajstić information content (AvgIpc) is 4.15. The van der Waals surface area contributed by atoms with Crippen molar-refractivity contribution in [3.63, 3.8) is 0 Å². The molecule has 0 atom stereocenters. The number of thiazole rings is 1. The van der Waals surface area contributed by atoms with E-state index in [0.717, 1.165) is 110 Å². The van der Waals surface area contributed by atoms with Crippen molar-refractivity contribution < 1.29 is 29.4 Å². The molecule has 13 nitrogen and oxygen atoms in total. The lowest BCUT2D eigenvalue weighted by Gasteiger charge is -2.57. The van der Waals surface area contributed by atoms with Crippen LogP contribution in [-0.2, 0) is 29.1 Å². The number of benzene rings is 5. The highest BCUT2D eigenvalue weighted by Gasteiger charge is 2.55. The van der Waals surface area contributed by atoms with Crippen LogP contribution in [0.15, 0.2) is 121 Å². The minimum Gasteiger partial charge on any atom is -0.481 e. The third kappa shape index (κ3) is 9.65. The molecule has 4 fully saturated rings. The van der Waals surface area contributed by atoms with Crippen molar-refractivity contribution in [3.05, 3.63) is 160 Å². The predicted molar refractivity (Wildman–Crippen MR) is 291 cm³/mol. The fraction of sp³-hybridized carbons (Fsp3) is 0.306. The van der Waals surface area contributed by atoms with E-state index < -0.39 is 11.9 Å². The van der Waals surface area contributed by atoms with Gasteiger partial charge in [-0.15, -0.1) is 17.3 Å². The van der Waals surface area contributed by atoms with Gasteiger partial charge in [0.25, 0.3) is 11.8 Å². The Morgan fingerprint density at radius 2 is 1.26 bits per heavy atom. The molecule has 76 heavy (non-hydrogen) atoms. The Bertz CT molecular complexity index is 3700. The van der Waals surface area contributed by atoms with Gasteiger partial charge in [-0.1, -0.05) is 90.6 Å². The summed E-state index contributed by atoms with van der Waals surface area (Å²) in [5.41, 5.74) is 10.6. The Morgan fingerprint density at radius 1 is 0.671 bits per heavy atom. The number of aliphatic carboxylic acids is 2. The molecule has 12 rings (SSSR count). The summed E-state index contributed by atoms with van der Waals surface area (Å²) < 4.78 is 3.76. The molecule has 3 heterocycles. The number of nitrogens with zero attached hydrogens (tertiary/aromatic N) is 5. The number of carbonyl (C=O) groups is 4. The molecule has 5 aromatic carbocycles. The minimum atomic E-state index is -0.741. The zero-order chi connectivity index (χ0) is 52.1. The van der Waals surface area contributed by atoms with E-state index >= 15 is 0 Å². The fourth-order valence-corrected chi connectivity index (χ4v) is 13.4. The van der Waals surface area contributed by atoms with Crippen LogP contribution >= 0.6 is 11.3 Å². The van der Waals surface area contributed by atoms with Crippen LogP contribution in [0, 0.1) is 46.3 Å². The van der Waals surface area contributed by atoms with Crippen molar-refractivity contribution in [2.45, 2.75) is 96.3 Å². The van der Waals surface area contributed by atoms with Gasteiger partial charge >= 0.3 is 11.9 Å². The van der Waals surface area contributed by atoms with Gasteiger partial charge in [-0.05, 0) is 127 Å².